The molecule has 0 spiro atoms. The molecule has 5 nitrogen and oxygen atoms in total. The monoisotopic (exact) mass is 297 g/mol. The van der Waals surface area contributed by atoms with Gasteiger partial charge in [-0.05, 0) is 38.0 Å². The summed E-state index contributed by atoms with van der Waals surface area (Å²) in [6.45, 7) is 2.07. The molecular weight excluding hydrogens is 270 g/mol. The lowest BCUT2D eigenvalue weighted by Crippen LogP contribution is -2.47. The fourth-order valence-electron chi connectivity index (χ4n) is 3.84. The molecule has 1 N–H and O–H groups in total. The molecule has 2 rings (SSSR count). The zero-order valence-corrected chi connectivity index (χ0v) is 13.0. The van der Waals surface area contributed by atoms with Crippen LogP contribution in [0.2, 0.25) is 0 Å². The van der Waals surface area contributed by atoms with Gasteiger partial charge < -0.3 is 14.7 Å². The largest absolute Gasteiger partial charge is 0.481 e. The van der Waals surface area contributed by atoms with E-state index in [2.05, 4.69) is 0 Å². The number of amides is 1. The highest BCUT2D eigenvalue weighted by molar-refractivity contribution is 5.83. The summed E-state index contributed by atoms with van der Waals surface area (Å²) in [4.78, 5) is 25.6. The van der Waals surface area contributed by atoms with Crippen LogP contribution in [0.25, 0.3) is 0 Å². The number of nitrogens with zero attached hydrogens (tertiary/aromatic N) is 1. The number of likely N-dealkylation sites (tertiary alicyclic amines) is 1. The van der Waals surface area contributed by atoms with Gasteiger partial charge in [-0.3, -0.25) is 9.59 Å². The van der Waals surface area contributed by atoms with Crippen molar-refractivity contribution in [2.24, 2.45) is 11.3 Å². The average Bonchev–Trinajstić information content (AvgIpc) is 2.94. The molecule has 1 saturated heterocycles. The topological polar surface area (TPSA) is 66.8 Å². The van der Waals surface area contributed by atoms with E-state index >= 15 is 0 Å². The fourth-order valence-corrected chi connectivity index (χ4v) is 3.84. The molecule has 0 aromatic carbocycles. The minimum Gasteiger partial charge on any atom is -0.481 e. The zero-order chi connectivity index (χ0) is 15.3. The Bertz CT molecular complexity index is 368. The Balaban J connectivity index is 1.91. The lowest BCUT2D eigenvalue weighted by Gasteiger charge is -2.38. The number of carboxylic acids is 1. The van der Waals surface area contributed by atoms with Gasteiger partial charge in [0.2, 0.25) is 5.91 Å². The van der Waals surface area contributed by atoms with Crippen molar-refractivity contribution in [3.8, 4) is 0 Å². The maximum absolute atomic E-state index is 12.9. The van der Waals surface area contributed by atoms with Crippen LogP contribution >= 0.6 is 0 Å². The predicted octanol–water partition coefficient (Wildman–Crippen LogP) is 2.30. The first-order valence-electron chi connectivity index (χ1n) is 8.07. The molecule has 0 atom stereocenters. The Kier molecular flexibility index (Phi) is 5.62. The lowest BCUT2D eigenvalue weighted by molar-refractivity contribution is -0.145. The zero-order valence-electron chi connectivity index (χ0n) is 13.0. The van der Waals surface area contributed by atoms with Crippen LogP contribution in [0.1, 0.15) is 51.4 Å². The SMILES string of the molecule is COCCC1(C(=O)N2CCC(CC(=O)O)CC2)CCCC1. The number of ether oxygens (including phenoxy) is 1. The van der Waals surface area contributed by atoms with Gasteiger partial charge >= 0.3 is 5.97 Å². The van der Waals surface area contributed by atoms with Gasteiger partial charge in [0.1, 0.15) is 0 Å². The Morgan fingerprint density at radius 2 is 1.86 bits per heavy atom. The summed E-state index contributed by atoms with van der Waals surface area (Å²) in [6, 6.07) is 0. The molecule has 1 amide bonds. The molecule has 0 aromatic heterocycles. The summed E-state index contributed by atoms with van der Waals surface area (Å²) < 4.78 is 5.19. The number of aliphatic carboxylic acids is 1. The highest BCUT2D eigenvalue weighted by Gasteiger charge is 2.43. The third-order valence-electron chi connectivity index (χ3n) is 5.16. The molecule has 1 aliphatic heterocycles. The fraction of sp³-hybridized carbons (Fsp3) is 0.875. The minimum absolute atomic E-state index is 0.213. The van der Waals surface area contributed by atoms with E-state index in [4.69, 9.17) is 9.84 Å². The van der Waals surface area contributed by atoms with Crippen LogP contribution in [0.3, 0.4) is 0 Å². The van der Waals surface area contributed by atoms with Crippen molar-refractivity contribution in [1.82, 2.24) is 4.90 Å². The molecular formula is C16H27NO4. The Morgan fingerprint density at radius 3 is 2.38 bits per heavy atom. The van der Waals surface area contributed by atoms with E-state index in [0.29, 0.717) is 19.7 Å². The molecule has 21 heavy (non-hydrogen) atoms. The first-order chi connectivity index (χ1) is 10.1. The molecule has 2 fully saturated rings. The number of piperidine rings is 1. The van der Waals surface area contributed by atoms with Crippen LogP contribution in [-0.2, 0) is 14.3 Å². The molecule has 120 valence electrons. The van der Waals surface area contributed by atoms with E-state index < -0.39 is 5.97 Å². The lowest BCUT2D eigenvalue weighted by atomic mass is 9.80. The Morgan fingerprint density at radius 1 is 1.24 bits per heavy atom. The van der Waals surface area contributed by atoms with Gasteiger partial charge in [0.05, 0.1) is 5.41 Å². The maximum atomic E-state index is 12.9. The van der Waals surface area contributed by atoms with E-state index in [9.17, 15) is 9.59 Å². The van der Waals surface area contributed by atoms with Gasteiger partial charge in [-0.1, -0.05) is 12.8 Å². The number of methoxy groups -OCH3 is 1. The highest BCUT2D eigenvalue weighted by atomic mass is 16.5. The van der Waals surface area contributed by atoms with Crippen molar-refractivity contribution in [3.63, 3.8) is 0 Å². The second-order valence-electron chi connectivity index (χ2n) is 6.56. The number of carbonyl (C=O) groups excluding carboxylic acids is 1. The number of hydrogen-bond donors (Lipinski definition) is 1. The Hall–Kier alpha value is -1.10. The first-order valence-corrected chi connectivity index (χ1v) is 8.07. The van der Waals surface area contributed by atoms with Crippen LogP contribution in [-0.4, -0.2) is 48.7 Å². The van der Waals surface area contributed by atoms with Crippen LogP contribution in [0.4, 0.5) is 0 Å². The third-order valence-corrected chi connectivity index (χ3v) is 5.16. The van der Waals surface area contributed by atoms with E-state index in [1.807, 2.05) is 4.90 Å². The highest BCUT2D eigenvalue weighted by Crippen LogP contribution is 2.43. The number of rotatable bonds is 6. The second kappa shape index (κ2) is 7.25. The van der Waals surface area contributed by atoms with E-state index in [-0.39, 0.29) is 23.7 Å². The van der Waals surface area contributed by atoms with Crippen LogP contribution < -0.4 is 0 Å². The van der Waals surface area contributed by atoms with Crippen molar-refractivity contribution in [2.45, 2.75) is 51.4 Å². The van der Waals surface area contributed by atoms with Crippen LogP contribution in [0.15, 0.2) is 0 Å². The van der Waals surface area contributed by atoms with Crippen molar-refractivity contribution >= 4 is 11.9 Å². The summed E-state index contributed by atoms with van der Waals surface area (Å²) in [7, 11) is 1.69. The van der Waals surface area contributed by atoms with Gasteiger partial charge in [-0.2, -0.15) is 0 Å². The summed E-state index contributed by atoms with van der Waals surface area (Å²) >= 11 is 0. The van der Waals surface area contributed by atoms with Crippen LogP contribution in [0, 0.1) is 11.3 Å². The van der Waals surface area contributed by atoms with E-state index in [1.165, 1.54) is 0 Å². The van der Waals surface area contributed by atoms with Crippen molar-refractivity contribution in [1.29, 1.82) is 0 Å². The summed E-state index contributed by atoms with van der Waals surface area (Å²) in [6.07, 6.45) is 6.90. The standard InChI is InChI=1S/C16H27NO4/c1-21-11-8-16(6-2-3-7-16)15(20)17-9-4-13(5-10-17)12-14(18)19/h13H,2-12H2,1H3,(H,18,19). The molecule has 0 unspecified atom stereocenters. The Labute approximate surface area is 126 Å². The second-order valence-corrected chi connectivity index (χ2v) is 6.56. The summed E-state index contributed by atoms with van der Waals surface area (Å²) in [5.41, 5.74) is -0.213. The van der Waals surface area contributed by atoms with Gasteiger partial charge in [0.25, 0.3) is 0 Å². The maximum Gasteiger partial charge on any atom is 0.303 e. The van der Waals surface area contributed by atoms with Gasteiger partial charge in [0, 0.05) is 33.2 Å². The van der Waals surface area contributed by atoms with E-state index in [0.717, 1.165) is 44.9 Å². The molecule has 1 saturated carbocycles. The summed E-state index contributed by atoms with van der Waals surface area (Å²) in [5, 5.41) is 8.86. The number of carbonyl (C=O) groups is 2. The average molecular weight is 297 g/mol. The predicted molar refractivity (Wildman–Crippen MR) is 79.0 cm³/mol. The van der Waals surface area contributed by atoms with E-state index in [1.54, 1.807) is 7.11 Å². The van der Waals surface area contributed by atoms with Crippen LogP contribution in [0.5, 0.6) is 0 Å². The molecule has 5 heteroatoms. The molecule has 0 bridgehead atoms. The quantitative estimate of drug-likeness (QED) is 0.817. The summed E-state index contributed by atoms with van der Waals surface area (Å²) in [5.74, 6) is -0.219. The van der Waals surface area contributed by atoms with Crippen molar-refractivity contribution in [2.75, 3.05) is 26.8 Å². The molecule has 1 heterocycles. The number of hydrogen-bond acceptors (Lipinski definition) is 3. The molecule has 1 aliphatic carbocycles. The molecule has 0 aromatic rings. The molecule has 2 aliphatic rings. The smallest absolute Gasteiger partial charge is 0.303 e. The third kappa shape index (κ3) is 3.96. The van der Waals surface area contributed by atoms with Gasteiger partial charge in [0.15, 0.2) is 0 Å². The van der Waals surface area contributed by atoms with Gasteiger partial charge in [-0.25, -0.2) is 0 Å². The van der Waals surface area contributed by atoms with Crippen molar-refractivity contribution < 1.29 is 19.4 Å². The molecule has 0 radical (unpaired) electrons. The first kappa shape index (κ1) is 16.3. The van der Waals surface area contributed by atoms with Gasteiger partial charge in [-0.15, -0.1) is 0 Å². The number of carboxylic acid groups (broad SMARTS) is 1. The minimum atomic E-state index is -0.730. The normalized spacial score (nSPS) is 22.4. The van der Waals surface area contributed by atoms with Crippen molar-refractivity contribution in [3.05, 3.63) is 0 Å².